The highest BCUT2D eigenvalue weighted by Crippen LogP contribution is 2.35. The molecule has 4 rings (SSSR count). The third kappa shape index (κ3) is 2.91. The average molecular weight is 350 g/mol. The first kappa shape index (κ1) is 16.6. The zero-order valence-electron chi connectivity index (χ0n) is 15.5. The molecule has 0 radical (unpaired) electrons. The van der Waals surface area contributed by atoms with Gasteiger partial charge >= 0.3 is 0 Å². The Bertz CT molecular complexity index is 907. The molecule has 134 valence electrons. The fourth-order valence-corrected chi connectivity index (χ4v) is 3.04. The van der Waals surface area contributed by atoms with Crippen molar-refractivity contribution in [3.8, 4) is 0 Å². The van der Waals surface area contributed by atoms with Gasteiger partial charge in [-0.05, 0) is 18.9 Å². The highest BCUT2D eigenvalue weighted by molar-refractivity contribution is 5.45. The first-order valence-corrected chi connectivity index (χ1v) is 8.69. The Morgan fingerprint density at radius 3 is 2.23 bits per heavy atom. The topological polar surface area (TPSA) is 86.2 Å². The van der Waals surface area contributed by atoms with Gasteiger partial charge in [0.25, 0.3) is 0 Å². The second kappa shape index (κ2) is 5.82. The van der Waals surface area contributed by atoms with Gasteiger partial charge in [-0.25, -0.2) is 9.97 Å². The Balaban J connectivity index is 1.55. The average Bonchev–Trinajstić information content (AvgIpc) is 3.25. The van der Waals surface area contributed by atoms with Crippen molar-refractivity contribution >= 4 is 11.2 Å². The molecule has 0 aromatic carbocycles. The van der Waals surface area contributed by atoms with Crippen molar-refractivity contribution in [2.45, 2.75) is 51.4 Å². The Kier molecular flexibility index (Phi) is 3.71. The molecule has 0 unspecified atom stereocenters. The van der Waals surface area contributed by atoms with E-state index in [-0.39, 0.29) is 10.8 Å². The summed E-state index contributed by atoms with van der Waals surface area (Å²) in [6.07, 6.45) is 8.54. The zero-order valence-corrected chi connectivity index (χ0v) is 15.5. The summed E-state index contributed by atoms with van der Waals surface area (Å²) in [6, 6.07) is 4.08. The second-order valence-electron chi connectivity index (χ2n) is 7.94. The molecule has 0 amide bonds. The Morgan fingerprint density at radius 1 is 0.846 bits per heavy atom. The summed E-state index contributed by atoms with van der Waals surface area (Å²) in [6.45, 7) is 8.84. The van der Waals surface area contributed by atoms with Crippen molar-refractivity contribution in [1.29, 1.82) is 0 Å². The molecule has 0 aliphatic heterocycles. The lowest BCUT2D eigenvalue weighted by Gasteiger charge is -2.29. The lowest BCUT2D eigenvalue weighted by atomic mass is 9.76. The zero-order chi connectivity index (χ0) is 18.4. The summed E-state index contributed by atoms with van der Waals surface area (Å²) in [7, 11) is 0. The number of aromatic nitrogens is 8. The molecule has 0 bridgehead atoms. The summed E-state index contributed by atoms with van der Waals surface area (Å²) in [4.78, 5) is 8.37. The van der Waals surface area contributed by atoms with Crippen LogP contribution in [0.1, 0.15) is 51.9 Å². The van der Waals surface area contributed by atoms with Crippen molar-refractivity contribution in [1.82, 2.24) is 39.6 Å². The molecule has 0 N–H and O–H groups in total. The van der Waals surface area contributed by atoms with Gasteiger partial charge in [0.1, 0.15) is 11.8 Å². The molecule has 4 aromatic heterocycles. The minimum absolute atomic E-state index is 0.0827. The van der Waals surface area contributed by atoms with Gasteiger partial charge in [0.2, 0.25) is 0 Å². The van der Waals surface area contributed by atoms with E-state index >= 15 is 0 Å². The van der Waals surface area contributed by atoms with Crippen LogP contribution in [-0.2, 0) is 10.8 Å². The van der Waals surface area contributed by atoms with E-state index < -0.39 is 0 Å². The third-order valence-corrected chi connectivity index (χ3v) is 5.04. The van der Waals surface area contributed by atoms with Crippen LogP contribution in [0.2, 0.25) is 0 Å². The maximum absolute atomic E-state index is 4.62. The monoisotopic (exact) mass is 350 g/mol. The molecule has 0 saturated carbocycles. The van der Waals surface area contributed by atoms with E-state index in [2.05, 4.69) is 64.1 Å². The highest BCUT2D eigenvalue weighted by Gasteiger charge is 2.31. The van der Waals surface area contributed by atoms with E-state index in [0.29, 0.717) is 0 Å². The molecule has 8 heteroatoms. The summed E-state index contributed by atoms with van der Waals surface area (Å²) < 4.78 is 3.22. The van der Waals surface area contributed by atoms with Gasteiger partial charge in [0, 0.05) is 23.1 Å². The predicted octanol–water partition coefficient (Wildman–Crippen LogP) is 2.60. The van der Waals surface area contributed by atoms with Crippen LogP contribution < -0.4 is 0 Å². The number of nitrogens with zero attached hydrogens (tertiary/aromatic N) is 8. The van der Waals surface area contributed by atoms with Crippen molar-refractivity contribution < 1.29 is 0 Å². The van der Waals surface area contributed by atoms with Gasteiger partial charge in [0.15, 0.2) is 5.65 Å². The highest BCUT2D eigenvalue weighted by atomic mass is 15.4. The molecule has 26 heavy (non-hydrogen) atoms. The van der Waals surface area contributed by atoms with E-state index in [0.717, 1.165) is 35.4 Å². The lowest BCUT2D eigenvalue weighted by Crippen LogP contribution is -2.25. The van der Waals surface area contributed by atoms with Crippen molar-refractivity contribution in [3.05, 3.63) is 48.4 Å². The van der Waals surface area contributed by atoms with E-state index in [4.69, 9.17) is 0 Å². The van der Waals surface area contributed by atoms with Crippen LogP contribution in [0, 0.1) is 0 Å². The largest absolute Gasteiger partial charge is 0.241 e. The molecule has 4 aromatic rings. The molecule has 0 saturated heterocycles. The van der Waals surface area contributed by atoms with Gasteiger partial charge < -0.3 is 0 Å². The summed E-state index contributed by atoms with van der Waals surface area (Å²) in [5, 5.41) is 17.6. The quantitative estimate of drug-likeness (QED) is 0.550. The first-order valence-electron chi connectivity index (χ1n) is 8.69. The van der Waals surface area contributed by atoms with Gasteiger partial charge in [-0.2, -0.15) is 15.3 Å². The standard InChI is InChI=1S/C18H22N8/c1-17(2,14-9-13-11-19-12-22-25(13)23-14)5-6-18(3,4)15-10-16-20-7-8-21-26(16)24-15/h7-12H,5-6H2,1-4H3. The van der Waals surface area contributed by atoms with Crippen molar-refractivity contribution in [2.24, 2.45) is 0 Å². The Labute approximate surface area is 151 Å². The van der Waals surface area contributed by atoms with Crippen LogP contribution in [0.5, 0.6) is 0 Å². The van der Waals surface area contributed by atoms with Gasteiger partial charge in [0.05, 0.1) is 23.8 Å². The molecule has 8 nitrogen and oxygen atoms in total. The molecule has 4 heterocycles. The minimum atomic E-state index is -0.0917. The van der Waals surface area contributed by atoms with E-state index in [1.165, 1.54) is 6.33 Å². The van der Waals surface area contributed by atoms with E-state index in [1.807, 2.05) is 6.07 Å². The maximum Gasteiger partial charge on any atom is 0.176 e. The van der Waals surface area contributed by atoms with Gasteiger partial charge in [-0.3, -0.25) is 0 Å². The van der Waals surface area contributed by atoms with Gasteiger partial charge in [-0.15, -0.1) is 14.4 Å². The van der Waals surface area contributed by atoms with Crippen LogP contribution in [0.25, 0.3) is 11.2 Å². The second-order valence-corrected chi connectivity index (χ2v) is 7.94. The maximum atomic E-state index is 4.62. The Morgan fingerprint density at radius 2 is 1.54 bits per heavy atom. The number of fused-ring (bicyclic) bond motifs is 2. The van der Waals surface area contributed by atoms with E-state index in [1.54, 1.807) is 27.9 Å². The first-order chi connectivity index (χ1) is 12.4. The van der Waals surface area contributed by atoms with Crippen LogP contribution in [0.15, 0.2) is 37.1 Å². The molecule has 0 fully saturated rings. The summed E-state index contributed by atoms with van der Waals surface area (Å²) in [5.74, 6) is 0. The molecular formula is C18H22N8. The van der Waals surface area contributed by atoms with Crippen molar-refractivity contribution in [3.63, 3.8) is 0 Å². The molecule has 0 aliphatic rings. The smallest absolute Gasteiger partial charge is 0.176 e. The number of rotatable bonds is 5. The van der Waals surface area contributed by atoms with Crippen molar-refractivity contribution in [2.75, 3.05) is 0 Å². The normalized spacial score (nSPS) is 12.9. The lowest BCUT2D eigenvalue weighted by molar-refractivity contribution is 0.360. The summed E-state index contributed by atoms with van der Waals surface area (Å²) >= 11 is 0. The predicted molar refractivity (Wildman–Crippen MR) is 96.9 cm³/mol. The number of hydrogen-bond donors (Lipinski definition) is 0. The molecular weight excluding hydrogens is 328 g/mol. The number of hydrogen-bond acceptors (Lipinski definition) is 6. The third-order valence-electron chi connectivity index (χ3n) is 5.04. The fourth-order valence-electron chi connectivity index (χ4n) is 3.04. The minimum Gasteiger partial charge on any atom is -0.241 e. The molecule has 0 aliphatic carbocycles. The molecule has 0 spiro atoms. The van der Waals surface area contributed by atoms with Crippen LogP contribution in [0.4, 0.5) is 0 Å². The van der Waals surface area contributed by atoms with Crippen LogP contribution in [0.3, 0.4) is 0 Å². The van der Waals surface area contributed by atoms with Crippen LogP contribution in [-0.4, -0.2) is 39.6 Å². The Hall–Kier alpha value is -2.90. The molecule has 0 atom stereocenters. The van der Waals surface area contributed by atoms with Crippen LogP contribution >= 0.6 is 0 Å². The van der Waals surface area contributed by atoms with E-state index in [9.17, 15) is 0 Å². The fraction of sp³-hybridized carbons (Fsp3) is 0.444. The van der Waals surface area contributed by atoms with Gasteiger partial charge in [-0.1, -0.05) is 27.7 Å². The SMILES string of the molecule is CC(C)(CCC(C)(C)c1cc2nccnn2n1)c1cc2cncnn2n1. The summed E-state index contributed by atoms with van der Waals surface area (Å²) in [5.41, 5.74) is 3.53.